The van der Waals surface area contributed by atoms with E-state index in [1.807, 2.05) is 7.11 Å². The summed E-state index contributed by atoms with van der Waals surface area (Å²) in [4.78, 5) is 0. The maximum absolute atomic E-state index is 6.78. The van der Waals surface area contributed by atoms with Crippen molar-refractivity contribution in [1.82, 2.24) is 0 Å². The second kappa shape index (κ2) is 14.2. The van der Waals surface area contributed by atoms with Crippen LogP contribution < -0.4 is 0 Å². The lowest BCUT2D eigenvalue weighted by atomic mass is 10.5. The zero-order chi connectivity index (χ0) is 20.9. The number of ether oxygens (including phenoxy) is 1. The molecule has 0 fully saturated rings. The van der Waals surface area contributed by atoms with Crippen molar-refractivity contribution in [3.05, 3.63) is 0 Å². The third kappa shape index (κ3) is 18.3. The Morgan fingerprint density at radius 2 is 1.14 bits per heavy atom. The zero-order valence-corrected chi connectivity index (χ0v) is 25.3. The first-order valence-electron chi connectivity index (χ1n) is 10.6. The lowest BCUT2D eigenvalue weighted by molar-refractivity contribution is 0.199. The van der Waals surface area contributed by atoms with Crippen LogP contribution in [0.15, 0.2) is 0 Å². The molecule has 0 rings (SSSR count). The van der Waals surface area contributed by atoms with E-state index in [4.69, 9.17) is 8.85 Å². The van der Waals surface area contributed by atoms with Gasteiger partial charge in [-0.15, -0.1) is 0 Å². The van der Waals surface area contributed by atoms with E-state index in [0.29, 0.717) is 0 Å². The second-order valence-electron chi connectivity index (χ2n) is 12.1. The van der Waals surface area contributed by atoms with Gasteiger partial charge < -0.3 is 8.85 Å². The molecule has 0 amide bonds. The summed E-state index contributed by atoms with van der Waals surface area (Å²) in [7, 11) is -4.67. The van der Waals surface area contributed by atoms with Crippen molar-refractivity contribution in [2.24, 2.45) is 0 Å². The molecule has 0 bridgehead atoms. The number of hydrogen-bond donors (Lipinski definition) is 0. The lowest BCUT2D eigenvalue weighted by Crippen LogP contribution is -2.53. The normalized spacial score (nSPS) is 16.6. The van der Waals surface area contributed by atoms with E-state index in [-0.39, 0.29) is 22.3 Å². The Morgan fingerprint density at radius 1 is 0.655 bits per heavy atom. The van der Waals surface area contributed by atoms with Gasteiger partial charge in [-0.2, -0.15) is 0 Å². The molecule has 0 aromatic rings. The molecule has 0 spiro atoms. The summed E-state index contributed by atoms with van der Waals surface area (Å²) < 4.78 is 12.2. The van der Waals surface area contributed by atoms with E-state index < -0.39 is 40.9 Å². The van der Waals surface area contributed by atoms with Gasteiger partial charge in [0.1, 0.15) is 0 Å². The SMILES string of the molecule is C.C.C.CC[Si](C)(C[Si](C)(C)C)C[Si](C)(CCCOC)C[Si](C)(C)O[Si](C)(C)C. The van der Waals surface area contributed by atoms with E-state index in [1.165, 1.54) is 24.2 Å². The van der Waals surface area contributed by atoms with Crippen molar-refractivity contribution in [2.75, 3.05) is 13.7 Å². The van der Waals surface area contributed by atoms with Gasteiger partial charge in [-0.1, -0.05) is 85.4 Å². The van der Waals surface area contributed by atoms with Crippen molar-refractivity contribution >= 4 is 40.9 Å². The van der Waals surface area contributed by atoms with E-state index in [1.54, 1.807) is 11.3 Å². The van der Waals surface area contributed by atoms with Crippen LogP contribution in [-0.2, 0) is 8.85 Å². The maximum atomic E-state index is 6.78. The first-order chi connectivity index (χ1) is 11.4. The highest BCUT2D eigenvalue weighted by atomic mass is 28.5. The summed E-state index contributed by atoms with van der Waals surface area (Å²) in [5.41, 5.74) is 4.65. The molecule has 2 nitrogen and oxygen atoms in total. The van der Waals surface area contributed by atoms with Crippen LogP contribution in [0.5, 0.6) is 0 Å². The number of hydrogen-bond acceptors (Lipinski definition) is 2. The lowest BCUT2D eigenvalue weighted by Gasteiger charge is -2.44. The Hall–Kier alpha value is 1.00. The van der Waals surface area contributed by atoms with E-state index in [2.05, 4.69) is 72.4 Å². The standard InChI is InChI=1S/C19H50O2Si5.3CH4/c1-13-25(11,17-22(3,4)5)19-26(12,16-14-15-20-2)18-24(9,10)21-23(6,7)8;;;/h13-19H2,1-12H3;3*1H4. The average molecular weight is 499 g/mol. The fourth-order valence-electron chi connectivity index (χ4n) is 5.40. The van der Waals surface area contributed by atoms with Crippen LogP contribution in [-0.4, -0.2) is 54.6 Å². The number of methoxy groups -OCH3 is 1. The Bertz CT molecular complexity index is 418. The van der Waals surface area contributed by atoms with E-state index >= 15 is 0 Å². The van der Waals surface area contributed by atoms with Crippen LogP contribution in [0.2, 0.25) is 94.6 Å². The molecule has 0 aromatic carbocycles. The third-order valence-electron chi connectivity index (χ3n) is 5.23. The topological polar surface area (TPSA) is 18.5 Å². The Kier molecular flexibility index (Phi) is 18.3. The molecule has 0 aromatic heterocycles. The second-order valence-corrected chi connectivity index (χ2v) is 38.5. The Balaban J connectivity index is -0.00000104. The minimum absolute atomic E-state index is 0. The molecule has 0 aliphatic heterocycles. The number of rotatable bonds is 13. The minimum atomic E-state index is -1.59. The molecule has 0 saturated heterocycles. The fraction of sp³-hybridized carbons (Fsp3) is 1.00. The highest BCUT2D eigenvalue weighted by Gasteiger charge is 2.44. The molecule has 0 saturated carbocycles. The van der Waals surface area contributed by atoms with Crippen molar-refractivity contribution in [2.45, 2.75) is 130 Å². The highest BCUT2D eigenvalue weighted by molar-refractivity contribution is 7.06. The van der Waals surface area contributed by atoms with Gasteiger partial charge in [-0.3, -0.25) is 0 Å². The highest BCUT2D eigenvalue weighted by Crippen LogP contribution is 2.38. The first-order valence-corrected chi connectivity index (χ1v) is 27.1. The van der Waals surface area contributed by atoms with Gasteiger partial charge in [0.15, 0.2) is 16.6 Å². The van der Waals surface area contributed by atoms with Crippen LogP contribution in [0.1, 0.15) is 35.6 Å². The monoisotopic (exact) mass is 498 g/mol. The fourth-order valence-corrected chi connectivity index (χ4v) is 47.3. The van der Waals surface area contributed by atoms with Gasteiger partial charge >= 0.3 is 0 Å². The van der Waals surface area contributed by atoms with Crippen LogP contribution in [0.25, 0.3) is 0 Å². The molecule has 7 heteroatoms. The predicted octanol–water partition coefficient (Wildman–Crippen LogP) is 9.12. The molecule has 29 heavy (non-hydrogen) atoms. The molecular weight excluding hydrogens is 437 g/mol. The molecule has 0 radical (unpaired) electrons. The molecule has 0 N–H and O–H groups in total. The summed E-state index contributed by atoms with van der Waals surface area (Å²) in [6.45, 7) is 28.7. The summed E-state index contributed by atoms with van der Waals surface area (Å²) in [5.74, 6) is 0. The van der Waals surface area contributed by atoms with Crippen molar-refractivity contribution in [3.8, 4) is 0 Å². The summed E-state index contributed by atoms with van der Waals surface area (Å²) >= 11 is 0. The van der Waals surface area contributed by atoms with E-state index in [9.17, 15) is 0 Å². The molecule has 0 aliphatic carbocycles. The minimum Gasteiger partial charge on any atom is -0.456 e. The Morgan fingerprint density at radius 3 is 1.48 bits per heavy atom. The van der Waals surface area contributed by atoms with Crippen LogP contribution >= 0.6 is 0 Å². The summed E-state index contributed by atoms with van der Waals surface area (Å²) in [6.07, 6.45) is 1.25. The molecule has 2 unspecified atom stereocenters. The summed E-state index contributed by atoms with van der Waals surface area (Å²) in [5, 5.41) is 0. The summed E-state index contributed by atoms with van der Waals surface area (Å²) in [6, 6.07) is 2.89. The third-order valence-corrected chi connectivity index (χ3v) is 34.5. The van der Waals surface area contributed by atoms with Crippen LogP contribution in [0.3, 0.4) is 0 Å². The molecule has 182 valence electrons. The van der Waals surface area contributed by atoms with Gasteiger partial charge in [-0.05, 0) is 44.8 Å². The Labute approximate surface area is 193 Å². The van der Waals surface area contributed by atoms with Gasteiger partial charge in [-0.25, -0.2) is 0 Å². The molecular formula is C22H62O2Si5. The van der Waals surface area contributed by atoms with Gasteiger partial charge in [0.05, 0.1) is 0 Å². The van der Waals surface area contributed by atoms with Gasteiger partial charge in [0, 0.05) is 37.9 Å². The largest absolute Gasteiger partial charge is 0.456 e. The van der Waals surface area contributed by atoms with Gasteiger partial charge in [0.2, 0.25) is 0 Å². The maximum Gasteiger partial charge on any atom is 0.170 e. The van der Waals surface area contributed by atoms with Crippen molar-refractivity contribution in [3.63, 3.8) is 0 Å². The smallest absolute Gasteiger partial charge is 0.170 e. The van der Waals surface area contributed by atoms with Crippen molar-refractivity contribution in [1.29, 1.82) is 0 Å². The molecule has 0 aliphatic rings. The van der Waals surface area contributed by atoms with Crippen LogP contribution in [0, 0.1) is 0 Å². The van der Waals surface area contributed by atoms with E-state index in [0.717, 1.165) is 6.61 Å². The molecule has 0 heterocycles. The van der Waals surface area contributed by atoms with Crippen molar-refractivity contribution < 1.29 is 8.85 Å². The van der Waals surface area contributed by atoms with Gasteiger partial charge in [0.25, 0.3) is 0 Å². The quantitative estimate of drug-likeness (QED) is 0.186. The molecule has 2 atom stereocenters. The first kappa shape index (κ1) is 37.3. The predicted molar refractivity (Wildman–Crippen MR) is 155 cm³/mol. The van der Waals surface area contributed by atoms with Crippen LogP contribution in [0.4, 0.5) is 0 Å². The average Bonchev–Trinajstić information content (AvgIpc) is 2.32. The zero-order valence-electron chi connectivity index (χ0n) is 20.3.